The molecule has 1 aliphatic heterocycles. The number of benzene rings is 2. The smallest absolute Gasteiger partial charge is 0.407 e. The van der Waals surface area contributed by atoms with E-state index < -0.39 is 23.4 Å². The van der Waals surface area contributed by atoms with Gasteiger partial charge >= 0.3 is 6.09 Å². The first kappa shape index (κ1) is 38.4. The van der Waals surface area contributed by atoms with Crippen molar-refractivity contribution in [3.05, 3.63) is 75.5 Å². The topological polar surface area (TPSA) is 164 Å². The Hall–Kier alpha value is -4.44. The number of nitrogens with zero attached hydrogens (tertiary/aromatic N) is 3. The van der Waals surface area contributed by atoms with Crippen molar-refractivity contribution in [1.29, 1.82) is 0 Å². The fourth-order valence-corrected chi connectivity index (χ4v) is 5.21. The molecule has 1 fully saturated rings. The van der Waals surface area contributed by atoms with Crippen molar-refractivity contribution in [3.8, 4) is 0 Å². The Balaban J connectivity index is 1.06. The van der Waals surface area contributed by atoms with Gasteiger partial charge in [0, 0.05) is 51.1 Å². The number of aromatic amines is 1. The van der Waals surface area contributed by atoms with Crippen molar-refractivity contribution in [2.24, 2.45) is 0 Å². The summed E-state index contributed by atoms with van der Waals surface area (Å²) >= 11 is 0. The van der Waals surface area contributed by atoms with Crippen LogP contribution in [-0.4, -0.2) is 129 Å². The van der Waals surface area contributed by atoms with E-state index in [1.165, 1.54) is 12.1 Å². The third kappa shape index (κ3) is 12.2. The number of hydrogen-bond donors (Lipinski definition) is 3. The molecule has 15 heteroatoms. The number of fused-ring (bicyclic) bond motifs is 1. The van der Waals surface area contributed by atoms with Gasteiger partial charge in [-0.05, 0) is 44.5 Å². The van der Waals surface area contributed by atoms with Crippen molar-refractivity contribution in [2.75, 3.05) is 85.5 Å². The average molecular weight is 699 g/mol. The van der Waals surface area contributed by atoms with Gasteiger partial charge in [0.2, 0.25) is 5.91 Å². The number of nitrogens with one attached hydrogen (secondary N) is 3. The summed E-state index contributed by atoms with van der Waals surface area (Å²) in [6.07, 6.45) is -0.174. The molecule has 0 spiro atoms. The molecular weight excluding hydrogens is 651 g/mol. The van der Waals surface area contributed by atoms with E-state index in [-0.39, 0.29) is 36.7 Å². The van der Waals surface area contributed by atoms with Crippen LogP contribution < -0.4 is 16.2 Å². The number of H-pyrrole nitrogens is 1. The number of alkyl carbamates (subject to hydrolysis) is 1. The number of hydrogen-bond acceptors (Lipinski definition) is 10. The molecule has 50 heavy (non-hydrogen) atoms. The Labute approximate surface area is 290 Å². The van der Waals surface area contributed by atoms with Gasteiger partial charge in [-0.15, -0.1) is 0 Å². The quantitative estimate of drug-likeness (QED) is 0.178. The molecule has 0 saturated carbocycles. The van der Waals surface area contributed by atoms with Crippen molar-refractivity contribution in [1.82, 2.24) is 30.6 Å². The lowest BCUT2D eigenvalue weighted by Gasteiger charge is -2.35. The molecule has 2 heterocycles. The van der Waals surface area contributed by atoms with Gasteiger partial charge in [-0.2, -0.15) is 5.10 Å². The van der Waals surface area contributed by atoms with Crippen molar-refractivity contribution >= 4 is 28.7 Å². The Morgan fingerprint density at radius 2 is 1.48 bits per heavy atom. The molecule has 1 aromatic heterocycles. The minimum Gasteiger partial charge on any atom is -0.444 e. The minimum absolute atomic E-state index is 0.0407. The van der Waals surface area contributed by atoms with Gasteiger partial charge in [-0.25, -0.2) is 14.3 Å². The van der Waals surface area contributed by atoms with Gasteiger partial charge in [0.15, 0.2) is 0 Å². The standard InChI is InChI=1S/C35H47FN6O8/c1-35(2,3)50-34(46)38-11-17-48-19-21-49-20-18-47-16-10-37-24-31(43)41-12-14-42(15-13-41)33(45)28-22-25(8-9-29(28)36)23-30-26-6-4-5-7-27(26)32(44)40-39-30/h4-9,22,37H,10-21,23-24H2,1-3H3,(H,38,46)(H,40,44). The van der Waals surface area contributed by atoms with Gasteiger partial charge in [0.25, 0.3) is 11.5 Å². The zero-order valence-electron chi connectivity index (χ0n) is 28.9. The van der Waals surface area contributed by atoms with Crippen LogP contribution in [0.25, 0.3) is 10.8 Å². The van der Waals surface area contributed by atoms with Crippen LogP contribution in [0.4, 0.5) is 9.18 Å². The van der Waals surface area contributed by atoms with Crippen LogP contribution in [0.1, 0.15) is 42.4 Å². The van der Waals surface area contributed by atoms with Gasteiger partial charge in [0.1, 0.15) is 11.4 Å². The summed E-state index contributed by atoms with van der Waals surface area (Å²) in [5.41, 5.74) is 0.433. The van der Waals surface area contributed by atoms with E-state index in [2.05, 4.69) is 20.8 Å². The van der Waals surface area contributed by atoms with Gasteiger partial charge < -0.3 is 39.4 Å². The molecule has 0 unspecified atom stereocenters. The summed E-state index contributed by atoms with van der Waals surface area (Å²) in [6, 6.07) is 11.5. The lowest BCUT2D eigenvalue weighted by Crippen LogP contribution is -2.52. The highest BCUT2D eigenvalue weighted by Crippen LogP contribution is 2.20. The molecule has 0 bridgehead atoms. The van der Waals surface area contributed by atoms with Crippen molar-refractivity contribution in [3.63, 3.8) is 0 Å². The van der Waals surface area contributed by atoms with E-state index in [4.69, 9.17) is 18.9 Å². The molecule has 3 N–H and O–H groups in total. The van der Waals surface area contributed by atoms with Crippen molar-refractivity contribution in [2.45, 2.75) is 32.8 Å². The molecule has 0 atom stereocenters. The lowest BCUT2D eigenvalue weighted by atomic mass is 10.0. The SMILES string of the molecule is CC(C)(C)OC(=O)NCCOCCOCCOCCNCC(=O)N1CCN(C(=O)c2cc(Cc3n[nH]c(=O)c4ccccc34)ccc2F)CC1. The number of carbonyl (C=O) groups excluding carboxylic acids is 3. The second-order valence-electron chi connectivity index (χ2n) is 12.7. The number of halogens is 1. The Bertz CT molecular complexity index is 1640. The third-order valence-electron chi connectivity index (χ3n) is 7.69. The molecule has 1 aliphatic rings. The zero-order valence-corrected chi connectivity index (χ0v) is 28.9. The number of carbonyl (C=O) groups is 3. The maximum Gasteiger partial charge on any atom is 0.407 e. The summed E-state index contributed by atoms with van der Waals surface area (Å²) in [5.74, 6) is -1.14. The minimum atomic E-state index is -0.620. The molecule has 272 valence electrons. The number of piperazine rings is 1. The average Bonchev–Trinajstić information content (AvgIpc) is 3.09. The van der Waals surface area contributed by atoms with E-state index in [9.17, 15) is 23.6 Å². The van der Waals surface area contributed by atoms with E-state index in [0.29, 0.717) is 94.3 Å². The fourth-order valence-electron chi connectivity index (χ4n) is 5.21. The molecule has 1 saturated heterocycles. The summed E-state index contributed by atoms with van der Waals surface area (Å²) in [5, 5.41) is 13.6. The van der Waals surface area contributed by atoms with Crippen molar-refractivity contribution < 1.29 is 37.7 Å². The number of amides is 3. The molecule has 0 radical (unpaired) electrons. The molecule has 2 aromatic carbocycles. The number of rotatable bonds is 17. The highest BCUT2D eigenvalue weighted by atomic mass is 19.1. The number of aromatic nitrogens is 2. The van der Waals surface area contributed by atoms with Crippen LogP contribution in [-0.2, 0) is 30.2 Å². The van der Waals surface area contributed by atoms with Gasteiger partial charge in [0.05, 0.1) is 62.8 Å². The predicted molar refractivity (Wildman–Crippen MR) is 184 cm³/mol. The van der Waals surface area contributed by atoms with Crippen LogP contribution in [0.2, 0.25) is 0 Å². The van der Waals surface area contributed by atoms with Gasteiger partial charge in [-0.1, -0.05) is 24.3 Å². The molecule has 0 aliphatic carbocycles. The molecule has 4 rings (SSSR count). The van der Waals surface area contributed by atoms with E-state index >= 15 is 0 Å². The van der Waals surface area contributed by atoms with Crippen LogP contribution in [0.3, 0.4) is 0 Å². The van der Waals surface area contributed by atoms with Crippen LogP contribution in [0, 0.1) is 5.82 Å². The van der Waals surface area contributed by atoms with Crippen LogP contribution in [0.15, 0.2) is 47.3 Å². The Morgan fingerprint density at radius 1 is 0.860 bits per heavy atom. The van der Waals surface area contributed by atoms with Gasteiger partial charge in [-0.3, -0.25) is 14.4 Å². The first-order valence-electron chi connectivity index (χ1n) is 16.7. The second-order valence-corrected chi connectivity index (χ2v) is 12.7. The molecule has 3 amide bonds. The molecule has 14 nitrogen and oxygen atoms in total. The summed E-state index contributed by atoms with van der Waals surface area (Å²) in [7, 11) is 0. The highest BCUT2D eigenvalue weighted by Gasteiger charge is 2.26. The zero-order chi connectivity index (χ0) is 35.9. The van der Waals surface area contributed by atoms with E-state index in [1.54, 1.807) is 48.8 Å². The first-order chi connectivity index (χ1) is 24.0. The first-order valence-corrected chi connectivity index (χ1v) is 16.7. The monoisotopic (exact) mass is 698 g/mol. The summed E-state index contributed by atoms with van der Waals surface area (Å²) in [4.78, 5) is 52.9. The second kappa shape index (κ2) is 19.1. The van der Waals surface area contributed by atoms with Crippen LogP contribution >= 0.6 is 0 Å². The third-order valence-corrected chi connectivity index (χ3v) is 7.69. The largest absolute Gasteiger partial charge is 0.444 e. The summed E-state index contributed by atoms with van der Waals surface area (Å²) in [6.45, 7) is 9.98. The van der Waals surface area contributed by atoms with E-state index in [0.717, 1.165) is 0 Å². The summed E-state index contributed by atoms with van der Waals surface area (Å²) < 4.78 is 36.3. The van der Waals surface area contributed by atoms with E-state index in [1.807, 2.05) is 12.1 Å². The lowest BCUT2D eigenvalue weighted by molar-refractivity contribution is -0.131. The molecular formula is C35H47FN6O8. The Morgan fingerprint density at radius 3 is 2.16 bits per heavy atom. The number of ether oxygens (including phenoxy) is 4. The predicted octanol–water partition coefficient (Wildman–Crippen LogP) is 2.10. The maximum atomic E-state index is 14.8. The van der Waals surface area contributed by atoms with Crippen LogP contribution in [0.5, 0.6) is 0 Å². The normalized spacial score (nSPS) is 13.4. The fraction of sp³-hybridized carbons (Fsp3) is 0.514. The maximum absolute atomic E-state index is 14.8. The highest BCUT2D eigenvalue weighted by molar-refractivity contribution is 5.95. The Kier molecular flexibility index (Phi) is 14.6. The molecule has 3 aromatic rings.